The average molecular weight is 476 g/mol. The van der Waals surface area contributed by atoms with Crippen molar-refractivity contribution in [3.05, 3.63) is 64.4 Å². The van der Waals surface area contributed by atoms with Gasteiger partial charge in [-0.25, -0.2) is 9.97 Å². The van der Waals surface area contributed by atoms with Gasteiger partial charge in [0.2, 0.25) is 5.76 Å². The van der Waals surface area contributed by atoms with Crippen LogP contribution in [0.4, 0.5) is 24.7 Å². The highest BCUT2D eigenvalue weighted by molar-refractivity contribution is 6.02. The second-order valence-corrected chi connectivity index (χ2v) is 7.74. The van der Waals surface area contributed by atoms with Crippen LogP contribution < -0.4 is 16.4 Å². The summed E-state index contributed by atoms with van der Waals surface area (Å²) in [7, 11) is 1.70. The molecule has 180 valence electrons. The maximum Gasteiger partial charge on any atom is 0.416 e. The van der Waals surface area contributed by atoms with Crippen LogP contribution in [0.25, 0.3) is 0 Å². The zero-order valence-corrected chi connectivity index (χ0v) is 18.7. The minimum absolute atomic E-state index is 0.00760. The molecule has 0 aliphatic carbocycles. The number of rotatable bonds is 8. The Morgan fingerprint density at radius 3 is 2.62 bits per heavy atom. The van der Waals surface area contributed by atoms with Crippen molar-refractivity contribution in [3.8, 4) is 0 Å². The third-order valence-corrected chi connectivity index (χ3v) is 5.15. The standard InChI is InChI=1S/C22H23F3N6O3/c1-11-4-5-13(7-15(11)22(23,24)25)30-21(33)18-8-16(31-34-18)12(2)6-17(32)19-14(9-27-3)20(26)29-10-28-19/h4-5,7-8,10,12,27H,6,9H2,1-3H3,(H,30,33)(H2,26,28,29)/t12-/m0/s1. The van der Waals surface area contributed by atoms with E-state index in [4.69, 9.17) is 10.3 Å². The summed E-state index contributed by atoms with van der Waals surface area (Å²) in [5.74, 6) is -1.50. The van der Waals surface area contributed by atoms with Gasteiger partial charge >= 0.3 is 6.18 Å². The number of hydrogen-bond acceptors (Lipinski definition) is 8. The minimum Gasteiger partial charge on any atom is -0.383 e. The van der Waals surface area contributed by atoms with Crippen LogP contribution in [0.3, 0.4) is 0 Å². The molecule has 12 heteroatoms. The second-order valence-electron chi connectivity index (χ2n) is 7.74. The number of nitrogens with zero attached hydrogens (tertiary/aromatic N) is 3. The SMILES string of the molecule is CNCc1c(N)ncnc1C(=O)C[C@H](C)c1cc(C(=O)Nc2ccc(C)c(C(F)(F)F)c2)on1. The molecule has 9 nitrogen and oxygen atoms in total. The van der Waals surface area contributed by atoms with E-state index in [9.17, 15) is 22.8 Å². The van der Waals surface area contributed by atoms with E-state index in [2.05, 4.69) is 25.8 Å². The number of amides is 1. The van der Waals surface area contributed by atoms with E-state index in [1.807, 2.05) is 0 Å². The Morgan fingerprint density at radius 1 is 1.21 bits per heavy atom. The smallest absolute Gasteiger partial charge is 0.383 e. The molecule has 0 unspecified atom stereocenters. The number of anilines is 2. The molecule has 0 aliphatic heterocycles. The highest BCUT2D eigenvalue weighted by Gasteiger charge is 2.32. The van der Waals surface area contributed by atoms with Gasteiger partial charge in [-0.2, -0.15) is 13.2 Å². The monoisotopic (exact) mass is 476 g/mol. The topological polar surface area (TPSA) is 136 Å². The Bertz CT molecular complexity index is 1210. The van der Waals surface area contributed by atoms with Gasteiger partial charge in [0.15, 0.2) is 5.78 Å². The van der Waals surface area contributed by atoms with Gasteiger partial charge in [0.05, 0.1) is 11.3 Å². The number of halogens is 3. The number of nitrogens with two attached hydrogens (primary N) is 1. The average Bonchev–Trinajstić information content (AvgIpc) is 3.26. The van der Waals surface area contributed by atoms with Crippen molar-refractivity contribution in [2.45, 2.75) is 38.9 Å². The molecule has 2 heterocycles. The quantitative estimate of drug-likeness (QED) is 0.419. The number of ketones is 1. The van der Waals surface area contributed by atoms with E-state index in [0.29, 0.717) is 17.8 Å². The minimum atomic E-state index is -4.55. The zero-order valence-electron chi connectivity index (χ0n) is 18.7. The largest absolute Gasteiger partial charge is 0.416 e. The number of benzene rings is 1. The summed E-state index contributed by atoms with van der Waals surface area (Å²) >= 11 is 0. The van der Waals surface area contributed by atoms with Gasteiger partial charge in [-0.05, 0) is 31.7 Å². The van der Waals surface area contributed by atoms with E-state index >= 15 is 0 Å². The summed E-state index contributed by atoms with van der Waals surface area (Å²) < 4.78 is 44.4. The number of aryl methyl sites for hydroxylation is 1. The Balaban J connectivity index is 1.71. The maximum absolute atomic E-state index is 13.1. The van der Waals surface area contributed by atoms with E-state index in [1.165, 1.54) is 31.5 Å². The normalized spacial score (nSPS) is 12.4. The van der Waals surface area contributed by atoms with Crippen LogP contribution in [-0.2, 0) is 12.7 Å². The van der Waals surface area contributed by atoms with E-state index in [-0.39, 0.29) is 40.7 Å². The van der Waals surface area contributed by atoms with Gasteiger partial charge in [0, 0.05) is 36.2 Å². The van der Waals surface area contributed by atoms with Gasteiger partial charge in [-0.1, -0.05) is 18.1 Å². The fourth-order valence-corrected chi connectivity index (χ4v) is 3.32. The van der Waals surface area contributed by atoms with Crippen molar-refractivity contribution in [2.24, 2.45) is 0 Å². The van der Waals surface area contributed by atoms with Gasteiger partial charge in [-0.15, -0.1) is 0 Å². The van der Waals surface area contributed by atoms with Gasteiger partial charge in [-0.3, -0.25) is 9.59 Å². The molecule has 34 heavy (non-hydrogen) atoms. The van der Waals surface area contributed by atoms with Crippen LogP contribution in [0, 0.1) is 6.92 Å². The predicted octanol–water partition coefficient (Wildman–Crippen LogP) is 3.72. The summed E-state index contributed by atoms with van der Waals surface area (Å²) in [6, 6.07) is 4.81. The van der Waals surface area contributed by atoms with E-state index in [1.54, 1.807) is 14.0 Å². The van der Waals surface area contributed by atoms with Crippen molar-refractivity contribution in [1.29, 1.82) is 0 Å². The maximum atomic E-state index is 13.1. The Morgan fingerprint density at radius 2 is 1.94 bits per heavy atom. The van der Waals surface area contributed by atoms with Crippen LogP contribution in [0.15, 0.2) is 35.1 Å². The summed E-state index contributed by atoms with van der Waals surface area (Å²) in [5.41, 5.74) is 6.00. The molecule has 0 bridgehead atoms. The highest BCUT2D eigenvalue weighted by atomic mass is 19.4. The zero-order chi connectivity index (χ0) is 25.0. The molecule has 0 spiro atoms. The van der Waals surface area contributed by atoms with E-state index in [0.717, 1.165) is 6.07 Å². The molecule has 1 atom stereocenters. The molecule has 0 saturated heterocycles. The fraction of sp³-hybridized carbons (Fsp3) is 0.318. The lowest BCUT2D eigenvalue weighted by atomic mass is 9.97. The van der Waals surface area contributed by atoms with Crippen LogP contribution >= 0.6 is 0 Å². The van der Waals surface area contributed by atoms with Crippen molar-refractivity contribution < 1.29 is 27.3 Å². The molecular weight excluding hydrogens is 453 g/mol. The Labute approximate surface area is 192 Å². The number of alkyl halides is 3. The lowest BCUT2D eigenvalue weighted by molar-refractivity contribution is -0.138. The van der Waals surface area contributed by atoms with Gasteiger partial charge in [0.1, 0.15) is 17.8 Å². The first-order valence-electron chi connectivity index (χ1n) is 10.2. The molecule has 4 N–H and O–H groups in total. The van der Waals surface area contributed by atoms with E-state index < -0.39 is 23.6 Å². The Hall–Kier alpha value is -3.80. The van der Waals surface area contributed by atoms with Crippen molar-refractivity contribution in [1.82, 2.24) is 20.4 Å². The molecule has 0 fully saturated rings. The van der Waals surface area contributed by atoms with Crippen molar-refractivity contribution in [3.63, 3.8) is 0 Å². The molecule has 1 aromatic carbocycles. The lowest BCUT2D eigenvalue weighted by Gasteiger charge is -2.12. The first kappa shape index (κ1) is 24.8. The van der Waals surface area contributed by atoms with Crippen molar-refractivity contribution >= 4 is 23.2 Å². The number of carbonyl (C=O) groups excluding carboxylic acids is 2. The Kier molecular flexibility index (Phi) is 7.30. The third kappa shape index (κ3) is 5.57. The molecule has 3 rings (SSSR count). The summed E-state index contributed by atoms with van der Waals surface area (Å²) in [6.07, 6.45) is -3.33. The molecule has 0 aliphatic rings. The number of carbonyl (C=O) groups is 2. The summed E-state index contributed by atoms with van der Waals surface area (Å²) in [4.78, 5) is 33.2. The number of aromatic nitrogens is 3. The molecular formula is C22H23F3N6O3. The van der Waals surface area contributed by atoms with Crippen LogP contribution in [0.1, 0.15) is 62.7 Å². The molecule has 2 aromatic heterocycles. The van der Waals surface area contributed by atoms with Gasteiger partial charge < -0.3 is 20.9 Å². The first-order chi connectivity index (χ1) is 16.0. The van der Waals surface area contributed by atoms with Crippen LogP contribution in [0.5, 0.6) is 0 Å². The lowest BCUT2D eigenvalue weighted by Crippen LogP contribution is -2.17. The number of nitrogen functional groups attached to an aromatic ring is 1. The predicted molar refractivity (Wildman–Crippen MR) is 117 cm³/mol. The summed E-state index contributed by atoms with van der Waals surface area (Å²) in [6.45, 7) is 3.36. The number of Topliss-reactive ketones (excluding diaryl/α,β-unsaturated/α-hetero) is 1. The van der Waals surface area contributed by atoms with Crippen LogP contribution in [0.2, 0.25) is 0 Å². The highest BCUT2D eigenvalue weighted by Crippen LogP contribution is 2.33. The molecule has 1 amide bonds. The van der Waals surface area contributed by atoms with Crippen LogP contribution in [-0.4, -0.2) is 33.9 Å². The summed E-state index contributed by atoms with van der Waals surface area (Å²) in [5, 5.41) is 9.11. The van der Waals surface area contributed by atoms with Crippen molar-refractivity contribution in [2.75, 3.05) is 18.1 Å². The first-order valence-corrected chi connectivity index (χ1v) is 10.2. The fourth-order valence-electron chi connectivity index (χ4n) is 3.32. The van der Waals surface area contributed by atoms with Gasteiger partial charge in [0.25, 0.3) is 5.91 Å². The molecule has 3 aromatic rings. The molecule has 0 radical (unpaired) electrons. The second kappa shape index (κ2) is 10.00. The third-order valence-electron chi connectivity index (χ3n) is 5.15. The molecule has 0 saturated carbocycles. The number of nitrogens with one attached hydrogen (secondary N) is 2. The number of hydrogen-bond donors (Lipinski definition) is 3.